The maximum absolute atomic E-state index is 8.73. The van der Waals surface area contributed by atoms with Gasteiger partial charge in [-0.2, -0.15) is 27.9 Å². The molecule has 0 aliphatic heterocycles. The number of nitrogens with zero attached hydrogens (tertiary/aromatic N) is 8. The Bertz CT molecular complexity index is 2580. The molecule has 6 aromatic heterocycles. The van der Waals surface area contributed by atoms with Crippen LogP contribution in [0, 0.1) is 30.0 Å². The van der Waals surface area contributed by atoms with Gasteiger partial charge in [-0.05, 0) is 44.3 Å². The summed E-state index contributed by atoms with van der Waals surface area (Å²) in [5, 5.41) is 18.9. The summed E-state index contributed by atoms with van der Waals surface area (Å²) in [5.41, 5.74) is 5.72. The summed E-state index contributed by atoms with van der Waals surface area (Å²) in [7, 11) is 0. The van der Waals surface area contributed by atoms with Gasteiger partial charge in [-0.25, -0.2) is 0 Å². The van der Waals surface area contributed by atoms with Crippen LogP contribution >= 0.6 is 22.7 Å². The van der Waals surface area contributed by atoms with Gasteiger partial charge in [0.05, 0.1) is 11.9 Å². The van der Waals surface area contributed by atoms with E-state index < -0.39 is 0 Å². The molecule has 0 radical (unpaired) electrons. The summed E-state index contributed by atoms with van der Waals surface area (Å²) in [6.45, 7) is 6.89. The SMILES string of the molecule is N#Cc1ccc2c(n1)[n-]c1ccccc12.[C-]#[N+]c1ccc2c(n1)[n-]c1ccccc12.[Pt+2].[Pt+2].[c-]1ccccc1-c1nccs1.[c-]1ccccc1-c1nccs1. The number of pyridine rings is 2. The normalized spacial score (nSPS) is 9.89. The van der Waals surface area contributed by atoms with E-state index in [1.807, 2.05) is 126 Å². The van der Waals surface area contributed by atoms with Crippen LogP contribution in [0.25, 0.3) is 69.9 Å². The number of benzene rings is 4. The van der Waals surface area contributed by atoms with Gasteiger partial charge in [0.1, 0.15) is 0 Å². The van der Waals surface area contributed by atoms with Crippen LogP contribution in [0.15, 0.2) is 144 Å². The van der Waals surface area contributed by atoms with Gasteiger partial charge in [-0.3, -0.25) is 9.97 Å². The molecular formula is C42H24N8Pt2S2. The van der Waals surface area contributed by atoms with Crippen LogP contribution in [-0.4, -0.2) is 19.9 Å². The van der Waals surface area contributed by atoms with Crippen molar-refractivity contribution in [1.82, 2.24) is 29.9 Å². The first kappa shape index (κ1) is 39.6. The third kappa shape index (κ3) is 9.49. The number of fused-ring (bicyclic) bond motifs is 6. The number of hydrogen-bond donors (Lipinski definition) is 0. The van der Waals surface area contributed by atoms with Gasteiger partial charge in [0, 0.05) is 38.9 Å². The summed E-state index contributed by atoms with van der Waals surface area (Å²) >= 11 is 3.27. The van der Waals surface area contributed by atoms with E-state index >= 15 is 0 Å². The Hall–Kier alpha value is -5.60. The number of para-hydroxylation sites is 2. The van der Waals surface area contributed by atoms with E-state index in [0.29, 0.717) is 22.8 Å². The molecule has 0 saturated carbocycles. The second-order valence-corrected chi connectivity index (χ2v) is 12.6. The summed E-state index contributed by atoms with van der Waals surface area (Å²) < 4.78 is 0. The zero-order valence-corrected chi connectivity index (χ0v) is 34.1. The van der Waals surface area contributed by atoms with Gasteiger partial charge in [-0.1, -0.05) is 78.9 Å². The molecule has 10 aromatic rings. The van der Waals surface area contributed by atoms with Crippen LogP contribution < -0.4 is 9.97 Å². The number of thiazole rings is 2. The van der Waals surface area contributed by atoms with Crippen molar-refractivity contribution in [2.75, 3.05) is 0 Å². The minimum absolute atomic E-state index is 0. The van der Waals surface area contributed by atoms with Crippen molar-refractivity contribution < 1.29 is 42.1 Å². The molecule has 0 unspecified atom stereocenters. The van der Waals surface area contributed by atoms with Crippen molar-refractivity contribution in [3.63, 3.8) is 0 Å². The molecule has 264 valence electrons. The fourth-order valence-electron chi connectivity index (χ4n) is 5.19. The van der Waals surface area contributed by atoms with Crippen molar-refractivity contribution in [3.8, 4) is 27.2 Å². The van der Waals surface area contributed by atoms with E-state index in [1.54, 1.807) is 47.2 Å². The molecular weight excluding hydrogens is 1070 g/mol. The molecule has 54 heavy (non-hydrogen) atoms. The second kappa shape index (κ2) is 19.5. The molecule has 12 heteroatoms. The van der Waals surface area contributed by atoms with E-state index in [2.05, 4.69) is 46.9 Å². The molecule has 10 rings (SSSR count). The number of aromatic nitrogens is 6. The molecule has 0 amide bonds. The van der Waals surface area contributed by atoms with Crippen LogP contribution in [-0.2, 0) is 42.1 Å². The summed E-state index contributed by atoms with van der Waals surface area (Å²) in [6.07, 6.45) is 3.61. The third-order valence-electron chi connectivity index (χ3n) is 7.55. The van der Waals surface area contributed by atoms with Gasteiger partial charge in [-0.15, -0.1) is 71.8 Å². The molecule has 0 atom stereocenters. The van der Waals surface area contributed by atoms with Crippen molar-refractivity contribution in [2.24, 2.45) is 0 Å². The van der Waals surface area contributed by atoms with E-state index in [4.69, 9.17) is 11.8 Å². The van der Waals surface area contributed by atoms with E-state index in [-0.39, 0.29) is 42.1 Å². The molecule has 0 N–H and O–H groups in total. The van der Waals surface area contributed by atoms with E-state index in [0.717, 1.165) is 53.7 Å². The fraction of sp³-hybridized carbons (Fsp3) is 0. The predicted molar refractivity (Wildman–Crippen MR) is 209 cm³/mol. The molecule has 4 aromatic carbocycles. The standard InChI is InChI=1S/2C12H6N3.2C9H6NS.2Pt/c1-13-11-7-6-9-8-4-2-3-5-10(8)14-12(9)15-11;13-7-8-5-6-10-9-3-1-2-4-11(9)15-12(10)14-8;2*1-2-4-8(5-3-1)9-10-6-7-11-9;;/h2-7H;1-6H;2*1-4,6-7H;;/q4*-1;2*+2. The molecule has 0 fully saturated rings. The zero-order chi connectivity index (χ0) is 35.5. The van der Waals surface area contributed by atoms with Crippen molar-refractivity contribution in [2.45, 2.75) is 0 Å². The third-order valence-corrected chi connectivity index (χ3v) is 9.16. The first-order valence-electron chi connectivity index (χ1n) is 15.9. The Balaban J connectivity index is 0.000000138. The van der Waals surface area contributed by atoms with Crippen LogP contribution in [0.5, 0.6) is 0 Å². The minimum Gasteiger partial charge on any atom is -0.481 e. The summed E-state index contributed by atoms with van der Waals surface area (Å²) in [5.74, 6) is 0.394. The maximum atomic E-state index is 8.73. The first-order valence-corrected chi connectivity index (χ1v) is 17.6. The maximum Gasteiger partial charge on any atom is 2.00 e. The number of nitriles is 1. The fourth-order valence-corrected chi connectivity index (χ4v) is 6.45. The van der Waals surface area contributed by atoms with Crippen LogP contribution in [0.3, 0.4) is 0 Å². The van der Waals surface area contributed by atoms with Crippen molar-refractivity contribution >= 4 is 72.4 Å². The average molecular weight is 1100 g/mol. The molecule has 0 bridgehead atoms. The Morgan fingerprint density at radius 2 is 1.09 bits per heavy atom. The summed E-state index contributed by atoms with van der Waals surface area (Å²) in [6, 6.07) is 47.0. The molecule has 6 heterocycles. The molecule has 0 aliphatic carbocycles. The topological polar surface area (TPSA) is 108 Å². The molecule has 8 nitrogen and oxygen atoms in total. The van der Waals surface area contributed by atoms with Crippen molar-refractivity contribution in [1.29, 1.82) is 5.26 Å². The Morgan fingerprint density at radius 1 is 0.593 bits per heavy atom. The quantitative estimate of drug-likeness (QED) is 0.159. The van der Waals surface area contributed by atoms with Crippen molar-refractivity contribution in [3.05, 3.63) is 174 Å². The van der Waals surface area contributed by atoms with Gasteiger partial charge < -0.3 is 24.8 Å². The van der Waals surface area contributed by atoms with Gasteiger partial charge in [0.2, 0.25) is 0 Å². The van der Waals surface area contributed by atoms with Crippen LogP contribution in [0.2, 0.25) is 0 Å². The Kier molecular flexibility index (Phi) is 14.3. The van der Waals surface area contributed by atoms with E-state index in [1.165, 1.54) is 0 Å². The monoisotopic (exact) mass is 1090 g/mol. The second-order valence-electron chi connectivity index (χ2n) is 10.8. The molecule has 0 saturated heterocycles. The number of hydrogen-bond acceptors (Lipinski definition) is 7. The molecule has 0 spiro atoms. The Labute approximate surface area is 348 Å². The van der Waals surface area contributed by atoms with Gasteiger partial charge >= 0.3 is 42.1 Å². The van der Waals surface area contributed by atoms with E-state index in [9.17, 15) is 0 Å². The minimum atomic E-state index is 0. The zero-order valence-electron chi connectivity index (χ0n) is 27.9. The Morgan fingerprint density at radius 3 is 1.56 bits per heavy atom. The molecule has 0 aliphatic rings. The van der Waals surface area contributed by atoms with Gasteiger partial charge in [0.25, 0.3) is 0 Å². The first-order chi connectivity index (χ1) is 25.7. The van der Waals surface area contributed by atoms with Crippen LogP contribution in [0.4, 0.5) is 5.82 Å². The smallest absolute Gasteiger partial charge is 0.481 e. The predicted octanol–water partition coefficient (Wildman–Crippen LogP) is 10.3. The van der Waals surface area contributed by atoms with Gasteiger partial charge in [0.15, 0.2) is 0 Å². The number of rotatable bonds is 2. The largest absolute Gasteiger partial charge is 2.00 e. The average Bonchev–Trinajstić information content (AvgIpc) is 4.05. The van der Waals surface area contributed by atoms with Crippen LogP contribution in [0.1, 0.15) is 5.69 Å². The summed E-state index contributed by atoms with van der Waals surface area (Å²) in [4.78, 5) is 28.7.